The highest BCUT2D eigenvalue weighted by atomic mass is 35.5. The van der Waals surface area contributed by atoms with E-state index < -0.39 is 5.24 Å². The number of aromatic amines is 1. The average molecular weight is 133 g/mol. The lowest BCUT2D eigenvalue weighted by Crippen LogP contribution is -1.90. The van der Waals surface area contributed by atoms with E-state index in [0.29, 0.717) is 0 Å². The first-order valence-electron chi connectivity index (χ1n) is 1.74. The number of rotatable bonds is 1. The van der Waals surface area contributed by atoms with Gasteiger partial charge < -0.3 is 0 Å². The molecule has 0 aromatic carbocycles. The molecule has 0 saturated heterocycles. The molecular formula is C2HClN4O. The molecule has 0 radical (unpaired) electrons. The molecule has 0 fully saturated rings. The summed E-state index contributed by atoms with van der Waals surface area (Å²) in [6.45, 7) is 0. The van der Waals surface area contributed by atoms with E-state index in [-0.39, 0.29) is 5.82 Å². The maximum atomic E-state index is 10.1. The summed E-state index contributed by atoms with van der Waals surface area (Å²) in [5.41, 5.74) is 0. The first-order valence-corrected chi connectivity index (χ1v) is 2.12. The molecule has 1 heterocycles. The van der Waals surface area contributed by atoms with Gasteiger partial charge in [-0.2, -0.15) is 5.21 Å². The predicted octanol–water partition coefficient (Wildman–Crippen LogP) is -0.421. The van der Waals surface area contributed by atoms with Gasteiger partial charge in [0.25, 0.3) is 11.1 Å². The van der Waals surface area contributed by atoms with Crippen LogP contribution < -0.4 is 0 Å². The van der Waals surface area contributed by atoms with Gasteiger partial charge in [-0.25, -0.2) is 0 Å². The number of carbonyl (C=O) groups excluding carboxylic acids is 1. The Morgan fingerprint density at radius 3 is 2.75 bits per heavy atom. The van der Waals surface area contributed by atoms with Crippen LogP contribution in [0.4, 0.5) is 0 Å². The van der Waals surface area contributed by atoms with Gasteiger partial charge in [0.1, 0.15) is 0 Å². The van der Waals surface area contributed by atoms with Crippen molar-refractivity contribution < 1.29 is 4.79 Å². The molecule has 0 aliphatic carbocycles. The van der Waals surface area contributed by atoms with Crippen molar-refractivity contribution in [3.05, 3.63) is 5.82 Å². The van der Waals surface area contributed by atoms with Gasteiger partial charge in [-0.15, -0.1) is 10.2 Å². The molecule has 1 N–H and O–H groups in total. The minimum atomic E-state index is -0.709. The Kier molecular flexibility index (Phi) is 1.21. The zero-order valence-electron chi connectivity index (χ0n) is 3.63. The number of hydrogen-bond donors (Lipinski definition) is 1. The van der Waals surface area contributed by atoms with Crippen molar-refractivity contribution in [1.29, 1.82) is 0 Å². The molecule has 5 nitrogen and oxygen atoms in total. The number of tetrazole rings is 1. The summed E-state index contributed by atoms with van der Waals surface area (Å²) in [6, 6.07) is 0. The van der Waals surface area contributed by atoms with Crippen LogP contribution in [-0.2, 0) is 0 Å². The third-order valence-corrected chi connectivity index (χ3v) is 0.690. The highest BCUT2D eigenvalue weighted by molar-refractivity contribution is 6.67. The molecule has 0 unspecified atom stereocenters. The molecule has 1 aromatic heterocycles. The number of hydrogen-bond acceptors (Lipinski definition) is 4. The Balaban J connectivity index is 2.93. The van der Waals surface area contributed by atoms with Crippen molar-refractivity contribution >= 4 is 16.8 Å². The van der Waals surface area contributed by atoms with E-state index in [1.807, 2.05) is 0 Å². The van der Waals surface area contributed by atoms with Gasteiger partial charge in [-0.1, -0.05) is 0 Å². The van der Waals surface area contributed by atoms with Crippen LogP contribution in [0.5, 0.6) is 0 Å². The summed E-state index contributed by atoms with van der Waals surface area (Å²) in [5.74, 6) is -0.105. The van der Waals surface area contributed by atoms with Gasteiger partial charge in [0.2, 0.25) is 0 Å². The summed E-state index contributed by atoms with van der Waals surface area (Å²) < 4.78 is 0. The van der Waals surface area contributed by atoms with E-state index >= 15 is 0 Å². The lowest BCUT2D eigenvalue weighted by atomic mass is 10.7. The second kappa shape index (κ2) is 1.87. The van der Waals surface area contributed by atoms with Crippen LogP contribution in [0, 0.1) is 0 Å². The summed E-state index contributed by atoms with van der Waals surface area (Å²) in [7, 11) is 0. The summed E-state index contributed by atoms with van der Waals surface area (Å²) in [5, 5.41) is 11.0. The van der Waals surface area contributed by atoms with Gasteiger partial charge in [0.15, 0.2) is 0 Å². The molecule has 0 aliphatic heterocycles. The van der Waals surface area contributed by atoms with Crippen molar-refractivity contribution in [3.63, 3.8) is 0 Å². The molecule has 0 aliphatic rings. The molecule has 6 heteroatoms. The fourth-order valence-corrected chi connectivity index (χ4v) is 0.325. The van der Waals surface area contributed by atoms with Crippen LogP contribution in [0.1, 0.15) is 10.6 Å². The van der Waals surface area contributed by atoms with Crippen LogP contribution in [0.25, 0.3) is 0 Å². The number of aromatic nitrogens is 4. The largest absolute Gasteiger partial charge is 0.293 e. The second-order valence-electron chi connectivity index (χ2n) is 1.01. The van der Waals surface area contributed by atoms with Crippen LogP contribution in [0.2, 0.25) is 0 Å². The van der Waals surface area contributed by atoms with E-state index in [9.17, 15) is 4.79 Å². The first kappa shape index (κ1) is 5.17. The molecule has 8 heavy (non-hydrogen) atoms. The Morgan fingerprint density at radius 1 is 1.75 bits per heavy atom. The molecule has 1 rings (SSSR count). The summed E-state index contributed by atoms with van der Waals surface area (Å²) in [6.07, 6.45) is 0. The lowest BCUT2D eigenvalue weighted by Gasteiger charge is -1.71. The Hall–Kier alpha value is -0.970. The number of carbonyl (C=O) groups is 1. The fourth-order valence-electron chi connectivity index (χ4n) is 0.245. The highest BCUT2D eigenvalue weighted by Gasteiger charge is 2.03. The quantitative estimate of drug-likeness (QED) is 0.527. The molecule has 0 atom stereocenters. The number of nitrogens with zero attached hydrogens (tertiary/aromatic N) is 3. The number of nitrogens with one attached hydrogen (secondary N) is 1. The first-order chi connectivity index (χ1) is 3.80. The van der Waals surface area contributed by atoms with E-state index in [2.05, 4.69) is 20.6 Å². The van der Waals surface area contributed by atoms with Gasteiger partial charge in [-0.05, 0) is 16.8 Å². The van der Waals surface area contributed by atoms with Crippen LogP contribution in [0.3, 0.4) is 0 Å². The normalized spacial score (nSPS) is 9.12. The van der Waals surface area contributed by atoms with E-state index in [0.717, 1.165) is 0 Å². The van der Waals surface area contributed by atoms with Crippen molar-refractivity contribution in [1.82, 2.24) is 20.6 Å². The Morgan fingerprint density at radius 2 is 2.50 bits per heavy atom. The summed E-state index contributed by atoms with van der Waals surface area (Å²) >= 11 is 4.92. The molecule has 1 aromatic rings. The topological polar surface area (TPSA) is 71.5 Å². The Labute approximate surface area is 49.0 Å². The Bertz CT molecular complexity index is 182. The van der Waals surface area contributed by atoms with Gasteiger partial charge in [0.05, 0.1) is 0 Å². The van der Waals surface area contributed by atoms with Gasteiger partial charge in [0, 0.05) is 0 Å². The van der Waals surface area contributed by atoms with E-state index in [1.54, 1.807) is 0 Å². The molecule has 42 valence electrons. The minimum Gasteiger partial charge on any atom is -0.272 e. The minimum absolute atomic E-state index is 0.105. The van der Waals surface area contributed by atoms with Crippen molar-refractivity contribution in [2.24, 2.45) is 0 Å². The third kappa shape index (κ3) is 0.812. The third-order valence-electron chi connectivity index (χ3n) is 0.521. The SMILES string of the molecule is O=C(Cl)c1nn[nH]n1. The average Bonchev–Trinajstić information content (AvgIpc) is 2.12. The molecule has 0 spiro atoms. The maximum absolute atomic E-state index is 10.1. The zero-order chi connectivity index (χ0) is 5.98. The van der Waals surface area contributed by atoms with Crippen LogP contribution >= 0.6 is 11.6 Å². The maximum Gasteiger partial charge on any atom is 0.293 e. The smallest absolute Gasteiger partial charge is 0.272 e. The van der Waals surface area contributed by atoms with Crippen LogP contribution in [-0.4, -0.2) is 25.9 Å². The lowest BCUT2D eigenvalue weighted by molar-refractivity contribution is 0.107. The number of H-pyrrole nitrogens is 1. The standard InChI is InChI=1S/C2HClN4O/c3-1(8)2-4-6-7-5-2/h(H,4,5,6,7). The summed E-state index contributed by atoms with van der Waals surface area (Å²) in [4.78, 5) is 10.1. The van der Waals surface area contributed by atoms with Gasteiger partial charge >= 0.3 is 0 Å². The monoisotopic (exact) mass is 132 g/mol. The van der Waals surface area contributed by atoms with Crippen molar-refractivity contribution in [2.75, 3.05) is 0 Å². The molecule has 0 bridgehead atoms. The zero-order valence-corrected chi connectivity index (χ0v) is 4.38. The highest BCUT2D eigenvalue weighted by Crippen LogP contribution is 1.88. The molecule has 0 amide bonds. The molecule has 0 saturated carbocycles. The van der Waals surface area contributed by atoms with Gasteiger partial charge in [-0.3, -0.25) is 4.79 Å². The predicted molar refractivity (Wildman–Crippen MR) is 24.4 cm³/mol. The van der Waals surface area contributed by atoms with E-state index in [1.165, 1.54) is 0 Å². The molecular weight excluding hydrogens is 132 g/mol. The van der Waals surface area contributed by atoms with Crippen molar-refractivity contribution in [2.45, 2.75) is 0 Å². The number of halogens is 1. The second-order valence-corrected chi connectivity index (χ2v) is 1.35. The van der Waals surface area contributed by atoms with Crippen LogP contribution in [0.15, 0.2) is 0 Å². The fraction of sp³-hybridized carbons (Fsp3) is 0. The van der Waals surface area contributed by atoms with Crippen molar-refractivity contribution in [3.8, 4) is 0 Å². The van der Waals surface area contributed by atoms with E-state index in [4.69, 9.17) is 11.6 Å².